The molecule has 2 aliphatic rings. The summed E-state index contributed by atoms with van der Waals surface area (Å²) < 4.78 is 40.7. The minimum Gasteiger partial charge on any atom is -0.368 e. The van der Waals surface area contributed by atoms with Crippen molar-refractivity contribution in [3.05, 3.63) is 0 Å². The number of hydrogen-bond acceptors (Lipinski definition) is 5. The first kappa shape index (κ1) is 20.6. The number of rotatable bonds is 7. The van der Waals surface area contributed by atoms with Gasteiger partial charge in [-0.15, -0.1) is 13.2 Å². The van der Waals surface area contributed by atoms with Crippen molar-refractivity contribution in [3.63, 3.8) is 0 Å². The van der Waals surface area contributed by atoms with Crippen molar-refractivity contribution in [1.29, 1.82) is 0 Å². The normalized spacial score (nSPS) is 26.2. The van der Waals surface area contributed by atoms with Gasteiger partial charge in [-0.1, -0.05) is 12.8 Å². The summed E-state index contributed by atoms with van der Waals surface area (Å²) in [6, 6.07) is -1.75. The number of ketones is 1. The summed E-state index contributed by atoms with van der Waals surface area (Å²) >= 11 is 0. The van der Waals surface area contributed by atoms with Crippen LogP contribution >= 0.6 is 0 Å². The standard InChI is InChI=1S/C16H24F3N3O4/c17-16(18,19)26-9-13(23)12(8-10-5-6-21-15(10)25)22-7-3-1-2-4-11(22)14(20)24/h10-12H,1-9H2,(H2,20,24)(H,21,25)/t10-,11?,12-/m0/s1. The van der Waals surface area contributed by atoms with Crippen molar-refractivity contribution in [2.24, 2.45) is 11.7 Å². The van der Waals surface area contributed by atoms with Gasteiger partial charge >= 0.3 is 6.36 Å². The number of ether oxygens (including phenoxy) is 1. The molecule has 2 fully saturated rings. The maximum absolute atomic E-state index is 12.5. The number of nitrogens with one attached hydrogen (secondary N) is 1. The SMILES string of the molecule is NC(=O)C1CCCCCN1[C@@H](C[C@@H]1CCNC1=O)C(=O)COC(F)(F)F. The van der Waals surface area contributed by atoms with Crippen LogP contribution in [0.25, 0.3) is 0 Å². The maximum atomic E-state index is 12.5. The number of carbonyl (C=O) groups excluding carboxylic acids is 3. The Labute approximate surface area is 149 Å². The van der Waals surface area contributed by atoms with E-state index in [1.165, 1.54) is 0 Å². The van der Waals surface area contributed by atoms with Gasteiger partial charge in [0.25, 0.3) is 0 Å². The predicted octanol–water partition coefficient (Wildman–Crippen LogP) is 0.717. The molecular weight excluding hydrogens is 355 g/mol. The summed E-state index contributed by atoms with van der Waals surface area (Å²) in [4.78, 5) is 37.8. The molecule has 0 aliphatic carbocycles. The molecule has 2 heterocycles. The lowest BCUT2D eigenvalue weighted by atomic mass is 9.93. The van der Waals surface area contributed by atoms with Gasteiger partial charge in [-0.3, -0.25) is 24.0 Å². The zero-order chi connectivity index (χ0) is 19.3. The van der Waals surface area contributed by atoms with Crippen LogP contribution in [0.3, 0.4) is 0 Å². The number of amides is 2. The molecule has 0 aromatic heterocycles. The quantitative estimate of drug-likeness (QED) is 0.679. The molecule has 2 aliphatic heterocycles. The minimum absolute atomic E-state index is 0.0513. The molecule has 2 rings (SSSR count). The van der Waals surface area contributed by atoms with E-state index in [4.69, 9.17) is 5.73 Å². The molecule has 0 aromatic rings. The Balaban J connectivity index is 2.20. The summed E-state index contributed by atoms with van der Waals surface area (Å²) in [5.41, 5.74) is 5.46. The van der Waals surface area contributed by atoms with E-state index in [9.17, 15) is 27.6 Å². The van der Waals surface area contributed by atoms with Crippen LogP contribution in [0.4, 0.5) is 13.2 Å². The molecular formula is C16H24F3N3O4. The van der Waals surface area contributed by atoms with Crippen molar-refractivity contribution in [3.8, 4) is 0 Å². The van der Waals surface area contributed by atoms with Gasteiger partial charge in [0.1, 0.15) is 6.61 Å². The second-order valence-corrected chi connectivity index (χ2v) is 6.73. The zero-order valence-electron chi connectivity index (χ0n) is 14.4. The third-order valence-corrected chi connectivity index (χ3v) is 4.94. The van der Waals surface area contributed by atoms with Gasteiger partial charge in [-0.25, -0.2) is 0 Å². The molecule has 7 nitrogen and oxygen atoms in total. The van der Waals surface area contributed by atoms with Crippen LogP contribution < -0.4 is 11.1 Å². The van der Waals surface area contributed by atoms with E-state index >= 15 is 0 Å². The van der Waals surface area contributed by atoms with E-state index in [2.05, 4.69) is 10.1 Å². The third-order valence-electron chi connectivity index (χ3n) is 4.94. The lowest BCUT2D eigenvalue weighted by Crippen LogP contribution is -2.54. The van der Waals surface area contributed by atoms with Crippen LogP contribution in [0.15, 0.2) is 0 Å². The fourth-order valence-corrected chi connectivity index (χ4v) is 3.65. The summed E-state index contributed by atoms with van der Waals surface area (Å²) in [6.45, 7) is -0.322. The topological polar surface area (TPSA) is 102 Å². The van der Waals surface area contributed by atoms with Gasteiger partial charge in [0.15, 0.2) is 5.78 Å². The van der Waals surface area contributed by atoms with Gasteiger partial charge in [0.2, 0.25) is 11.8 Å². The lowest BCUT2D eigenvalue weighted by molar-refractivity contribution is -0.321. The molecule has 10 heteroatoms. The number of primary amides is 1. The number of carbonyl (C=O) groups is 3. The van der Waals surface area contributed by atoms with Gasteiger partial charge in [0.05, 0.1) is 12.1 Å². The monoisotopic (exact) mass is 379 g/mol. The Morgan fingerprint density at radius 1 is 1.27 bits per heavy atom. The van der Waals surface area contributed by atoms with Crippen LogP contribution in [0.1, 0.15) is 38.5 Å². The predicted molar refractivity (Wildman–Crippen MR) is 84.7 cm³/mol. The number of likely N-dealkylation sites (tertiary alicyclic amines) is 1. The van der Waals surface area contributed by atoms with Crippen molar-refractivity contribution in [2.45, 2.75) is 57.0 Å². The molecule has 26 heavy (non-hydrogen) atoms. The fraction of sp³-hybridized carbons (Fsp3) is 0.812. The molecule has 2 amide bonds. The Morgan fingerprint density at radius 3 is 2.58 bits per heavy atom. The van der Waals surface area contributed by atoms with Crippen molar-refractivity contribution in [2.75, 3.05) is 19.7 Å². The van der Waals surface area contributed by atoms with Crippen LogP contribution in [0.5, 0.6) is 0 Å². The maximum Gasteiger partial charge on any atom is 0.522 e. The van der Waals surface area contributed by atoms with Crippen molar-refractivity contribution in [1.82, 2.24) is 10.2 Å². The highest BCUT2D eigenvalue weighted by molar-refractivity contribution is 5.88. The average molecular weight is 379 g/mol. The third kappa shape index (κ3) is 5.66. The summed E-state index contributed by atoms with van der Waals surface area (Å²) in [6.07, 6.45) is -1.65. The number of alkyl halides is 3. The molecule has 3 N–H and O–H groups in total. The second kappa shape index (κ2) is 8.81. The number of nitrogens with two attached hydrogens (primary N) is 1. The van der Waals surface area contributed by atoms with Gasteiger partial charge in [0, 0.05) is 12.5 Å². The lowest BCUT2D eigenvalue weighted by Gasteiger charge is -2.35. The van der Waals surface area contributed by atoms with E-state index in [0.29, 0.717) is 32.4 Å². The van der Waals surface area contributed by atoms with Gasteiger partial charge in [-0.05, 0) is 32.2 Å². The van der Waals surface area contributed by atoms with Crippen molar-refractivity contribution < 1.29 is 32.3 Å². The van der Waals surface area contributed by atoms with Gasteiger partial charge in [-0.2, -0.15) is 0 Å². The fourth-order valence-electron chi connectivity index (χ4n) is 3.65. The van der Waals surface area contributed by atoms with Crippen molar-refractivity contribution >= 4 is 17.6 Å². The van der Waals surface area contributed by atoms with Crippen LogP contribution in [-0.2, 0) is 19.1 Å². The molecule has 0 spiro atoms. The summed E-state index contributed by atoms with van der Waals surface area (Å²) in [5.74, 6) is -2.12. The van der Waals surface area contributed by atoms with Crippen LogP contribution in [-0.4, -0.2) is 60.6 Å². The smallest absolute Gasteiger partial charge is 0.368 e. The van der Waals surface area contributed by atoms with Gasteiger partial charge < -0.3 is 11.1 Å². The number of halogens is 3. The van der Waals surface area contributed by atoms with E-state index in [1.807, 2.05) is 0 Å². The van der Waals surface area contributed by atoms with E-state index in [-0.39, 0.29) is 12.3 Å². The first-order valence-corrected chi connectivity index (χ1v) is 8.75. The molecule has 0 bridgehead atoms. The highest BCUT2D eigenvalue weighted by Gasteiger charge is 2.40. The Kier molecular flexibility index (Phi) is 6.99. The average Bonchev–Trinajstić information content (AvgIpc) is 2.81. The largest absolute Gasteiger partial charge is 0.522 e. The molecule has 0 aromatic carbocycles. The number of nitrogens with zero attached hydrogens (tertiary/aromatic N) is 1. The van der Waals surface area contributed by atoms with E-state index in [1.54, 1.807) is 4.90 Å². The molecule has 148 valence electrons. The first-order valence-electron chi connectivity index (χ1n) is 8.75. The first-order chi connectivity index (χ1) is 12.2. The summed E-state index contributed by atoms with van der Waals surface area (Å²) in [5, 5.41) is 2.65. The Hall–Kier alpha value is -1.68. The molecule has 0 radical (unpaired) electrons. The molecule has 3 atom stereocenters. The minimum atomic E-state index is -4.92. The molecule has 2 saturated heterocycles. The highest BCUT2D eigenvalue weighted by atomic mass is 19.4. The number of Topliss-reactive ketones (excluding diaryl/α,β-unsaturated/α-hetero) is 1. The van der Waals surface area contributed by atoms with Crippen LogP contribution in [0.2, 0.25) is 0 Å². The molecule has 0 saturated carbocycles. The zero-order valence-corrected chi connectivity index (χ0v) is 14.4. The summed E-state index contributed by atoms with van der Waals surface area (Å²) in [7, 11) is 0. The Bertz CT molecular complexity index is 541. The second-order valence-electron chi connectivity index (χ2n) is 6.73. The van der Waals surface area contributed by atoms with E-state index in [0.717, 1.165) is 12.8 Å². The Morgan fingerprint density at radius 2 is 2.00 bits per heavy atom. The number of hydrogen-bond donors (Lipinski definition) is 2. The van der Waals surface area contributed by atoms with E-state index < -0.39 is 42.7 Å². The highest BCUT2D eigenvalue weighted by Crippen LogP contribution is 2.26. The van der Waals surface area contributed by atoms with Crippen LogP contribution in [0, 0.1) is 5.92 Å². The molecule has 1 unspecified atom stereocenters.